The Kier molecular flexibility index (Phi) is 3.49. The number of carbonyl (C=O) groups excluding carboxylic acids is 1. The highest BCUT2D eigenvalue weighted by molar-refractivity contribution is 9.10. The number of ether oxygens (including phenoxy) is 1. The van der Waals surface area contributed by atoms with E-state index in [0.717, 1.165) is 17.3 Å². The first-order valence-corrected chi connectivity index (χ1v) is 6.23. The molecule has 4 heteroatoms. The topological polar surface area (TPSA) is 38.3 Å². The molecule has 16 heavy (non-hydrogen) atoms. The Morgan fingerprint density at radius 2 is 2.31 bits per heavy atom. The van der Waals surface area contributed by atoms with Crippen LogP contribution in [-0.4, -0.2) is 18.6 Å². The zero-order chi connectivity index (χ0) is 11.5. The molecule has 2 rings (SSSR count). The molecule has 1 fully saturated rings. The fraction of sp³-hybridized carbons (Fsp3) is 0.417. The molecule has 0 saturated heterocycles. The summed E-state index contributed by atoms with van der Waals surface area (Å²) in [7, 11) is 0. The minimum Gasteiger partial charge on any atom is -0.493 e. The molecule has 3 nitrogen and oxygen atoms in total. The minimum atomic E-state index is -0.0431. The van der Waals surface area contributed by atoms with Crippen molar-refractivity contribution >= 4 is 21.8 Å². The molecule has 0 aromatic heterocycles. The van der Waals surface area contributed by atoms with E-state index in [1.807, 2.05) is 19.1 Å². The van der Waals surface area contributed by atoms with Crippen molar-refractivity contribution in [2.75, 3.05) is 6.61 Å². The number of halogens is 1. The molecule has 0 aliphatic heterocycles. The van der Waals surface area contributed by atoms with Gasteiger partial charge in [-0.1, -0.05) is 15.9 Å². The van der Waals surface area contributed by atoms with Crippen LogP contribution in [0.15, 0.2) is 22.7 Å². The van der Waals surface area contributed by atoms with Gasteiger partial charge in [0, 0.05) is 10.5 Å². The zero-order valence-corrected chi connectivity index (χ0v) is 10.7. The maximum absolute atomic E-state index is 11.9. The van der Waals surface area contributed by atoms with E-state index in [1.54, 1.807) is 6.07 Å². The van der Waals surface area contributed by atoms with Gasteiger partial charge in [-0.25, -0.2) is 0 Å². The molecule has 0 spiro atoms. The van der Waals surface area contributed by atoms with Gasteiger partial charge in [0.2, 0.25) is 0 Å². The summed E-state index contributed by atoms with van der Waals surface area (Å²) in [5, 5.41) is 2.95. The average Bonchev–Trinajstić information content (AvgIpc) is 3.02. The quantitative estimate of drug-likeness (QED) is 0.923. The lowest BCUT2D eigenvalue weighted by Crippen LogP contribution is -2.25. The van der Waals surface area contributed by atoms with Gasteiger partial charge in [0.15, 0.2) is 0 Å². The number of amides is 1. The van der Waals surface area contributed by atoms with Crippen LogP contribution in [0.4, 0.5) is 0 Å². The second kappa shape index (κ2) is 4.87. The summed E-state index contributed by atoms with van der Waals surface area (Å²) in [6.07, 6.45) is 2.18. The smallest absolute Gasteiger partial charge is 0.255 e. The maximum atomic E-state index is 11.9. The second-order valence-corrected chi connectivity index (χ2v) is 4.74. The predicted octanol–water partition coefficient (Wildman–Crippen LogP) is 2.74. The number of carbonyl (C=O) groups is 1. The first-order valence-electron chi connectivity index (χ1n) is 5.44. The van der Waals surface area contributed by atoms with Crippen LogP contribution >= 0.6 is 15.9 Å². The fourth-order valence-corrected chi connectivity index (χ4v) is 1.79. The van der Waals surface area contributed by atoms with E-state index in [2.05, 4.69) is 21.2 Å². The van der Waals surface area contributed by atoms with Crippen LogP contribution in [0.3, 0.4) is 0 Å². The predicted molar refractivity (Wildman–Crippen MR) is 65.8 cm³/mol. The van der Waals surface area contributed by atoms with Crippen molar-refractivity contribution in [1.29, 1.82) is 0 Å². The molecule has 1 aromatic rings. The lowest BCUT2D eigenvalue weighted by atomic mass is 10.2. The van der Waals surface area contributed by atoms with Crippen LogP contribution in [0.2, 0.25) is 0 Å². The molecule has 0 bridgehead atoms. The molecule has 1 aliphatic carbocycles. The third-order valence-corrected chi connectivity index (χ3v) is 2.89. The average molecular weight is 284 g/mol. The first kappa shape index (κ1) is 11.5. The largest absolute Gasteiger partial charge is 0.493 e. The molecule has 1 saturated carbocycles. The van der Waals surface area contributed by atoms with Crippen molar-refractivity contribution in [3.05, 3.63) is 28.2 Å². The number of hydrogen-bond acceptors (Lipinski definition) is 2. The molecule has 0 radical (unpaired) electrons. The van der Waals surface area contributed by atoms with Crippen LogP contribution in [0.5, 0.6) is 5.75 Å². The van der Waals surface area contributed by atoms with Gasteiger partial charge in [-0.3, -0.25) is 4.79 Å². The highest BCUT2D eigenvalue weighted by Crippen LogP contribution is 2.25. The number of nitrogens with one attached hydrogen (secondary N) is 1. The van der Waals surface area contributed by atoms with E-state index < -0.39 is 0 Å². The van der Waals surface area contributed by atoms with Crippen LogP contribution in [0, 0.1) is 0 Å². The molecular formula is C12H14BrNO2. The van der Waals surface area contributed by atoms with Crippen molar-refractivity contribution in [3.8, 4) is 5.75 Å². The Balaban J connectivity index is 2.19. The van der Waals surface area contributed by atoms with Gasteiger partial charge in [-0.05, 0) is 38.0 Å². The van der Waals surface area contributed by atoms with Crippen LogP contribution in [-0.2, 0) is 0 Å². The summed E-state index contributed by atoms with van der Waals surface area (Å²) in [5.41, 5.74) is 0.608. The van der Waals surface area contributed by atoms with Gasteiger partial charge in [0.05, 0.1) is 12.2 Å². The fourth-order valence-electron chi connectivity index (χ4n) is 1.45. The zero-order valence-electron chi connectivity index (χ0n) is 9.13. The van der Waals surface area contributed by atoms with Gasteiger partial charge >= 0.3 is 0 Å². The van der Waals surface area contributed by atoms with Crippen molar-refractivity contribution in [1.82, 2.24) is 5.32 Å². The Labute approximate surface area is 103 Å². The molecule has 0 atom stereocenters. The van der Waals surface area contributed by atoms with E-state index in [1.165, 1.54) is 0 Å². The van der Waals surface area contributed by atoms with Gasteiger partial charge in [0.25, 0.3) is 5.91 Å². The molecular weight excluding hydrogens is 270 g/mol. The molecule has 0 heterocycles. The van der Waals surface area contributed by atoms with Gasteiger partial charge in [0.1, 0.15) is 5.75 Å². The Morgan fingerprint density at radius 3 is 2.94 bits per heavy atom. The summed E-state index contributed by atoms with van der Waals surface area (Å²) >= 11 is 3.37. The van der Waals surface area contributed by atoms with Crippen molar-refractivity contribution in [2.45, 2.75) is 25.8 Å². The summed E-state index contributed by atoms with van der Waals surface area (Å²) in [5.74, 6) is 0.591. The summed E-state index contributed by atoms with van der Waals surface area (Å²) in [6.45, 7) is 2.46. The second-order valence-electron chi connectivity index (χ2n) is 3.82. The molecule has 1 N–H and O–H groups in total. The number of rotatable bonds is 4. The lowest BCUT2D eigenvalue weighted by molar-refractivity contribution is 0.0947. The summed E-state index contributed by atoms with van der Waals surface area (Å²) in [6, 6.07) is 5.83. The Bertz CT molecular complexity index is 402. The van der Waals surface area contributed by atoms with Crippen molar-refractivity contribution in [2.24, 2.45) is 0 Å². The van der Waals surface area contributed by atoms with E-state index >= 15 is 0 Å². The third kappa shape index (κ3) is 2.76. The van der Waals surface area contributed by atoms with E-state index in [-0.39, 0.29) is 5.91 Å². The monoisotopic (exact) mass is 283 g/mol. The first-order chi connectivity index (χ1) is 7.70. The summed E-state index contributed by atoms with van der Waals surface area (Å²) in [4.78, 5) is 11.9. The number of hydrogen-bond donors (Lipinski definition) is 1. The normalized spacial score (nSPS) is 14.6. The standard InChI is InChI=1S/C12H14BrNO2/c1-2-16-11-7-8(13)3-6-10(11)12(15)14-9-4-5-9/h3,6-7,9H,2,4-5H2,1H3,(H,14,15). The van der Waals surface area contributed by atoms with Crippen molar-refractivity contribution < 1.29 is 9.53 Å². The minimum absolute atomic E-state index is 0.0431. The SMILES string of the molecule is CCOc1cc(Br)ccc1C(=O)NC1CC1. The third-order valence-electron chi connectivity index (χ3n) is 2.40. The molecule has 0 unspecified atom stereocenters. The number of benzene rings is 1. The highest BCUT2D eigenvalue weighted by Gasteiger charge is 2.25. The van der Waals surface area contributed by atoms with Crippen LogP contribution < -0.4 is 10.1 Å². The Morgan fingerprint density at radius 1 is 1.56 bits per heavy atom. The molecule has 1 amide bonds. The summed E-state index contributed by atoms with van der Waals surface area (Å²) < 4.78 is 6.37. The van der Waals surface area contributed by atoms with Crippen molar-refractivity contribution in [3.63, 3.8) is 0 Å². The Hall–Kier alpha value is -1.03. The lowest BCUT2D eigenvalue weighted by Gasteiger charge is -2.10. The van der Waals surface area contributed by atoms with Gasteiger partial charge in [-0.2, -0.15) is 0 Å². The van der Waals surface area contributed by atoms with E-state index in [9.17, 15) is 4.79 Å². The molecule has 86 valence electrons. The van der Waals surface area contributed by atoms with Crippen LogP contribution in [0.1, 0.15) is 30.1 Å². The van der Waals surface area contributed by atoms with Gasteiger partial charge in [-0.15, -0.1) is 0 Å². The van der Waals surface area contributed by atoms with E-state index in [4.69, 9.17) is 4.74 Å². The highest BCUT2D eigenvalue weighted by atomic mass is 79.9. The van der Waals surface area contributed by atoms with Gasteiger partial charge < -0.3 is 10.1 Å². The molecule has 1 aromatic carbocycles. The van der Waals surface area contributed by atoms with Crippen LogP contribution in [0.25, 0.3) is 0 Å². The maximum Gasteiger partial charge on any atom is 0.255 e. The van der Waals surface area contributed by atoms with E-state index in [0.29, 0.717) is 24.0 Å². The molecule has 1 aliphatic rings.